The number of fused-ring (bicyclic) bond motifs is 1. The first kappa shape index (κ1) is 10.5. The Bertz CT molecular complexity index is 518. The number of nitrogens with two attached hydrogens (primary N) is 1. The van der Waals surface area contributed by atoms with E-state index in [1.165, 1.54) is 12.7 Å². The van der Waals surface area contributed by atoms with Gasteiger partial charge < -0.3 is 15.0 Å². The molecule has 2 aromatic rings. The number of anilines is 1. The summed E-state index contributed by atoms with van der Waals surface area (Å²) >= 11 is 0. The fraction of sp³-hybridized carbons (Fsp3) is 0.545. The van der Waals surface area contributed by atoms with Gasteiger partial charge in [0.25, 0.3) is 0 Å². The van der Waals surface area contributed by atoms with Crippen LogP contribution >= 0.6 is 0 Å². The van der Waals surface area contributed by atoms with Gasteiger partial charge in [0, 0.05) is 13.2 Å². The van der Waals surface area contributed by atoms with Crippen molar-refractivity contribution in [3.63, 3.8) is 0 Å². The van der Waals surface area contributed by atoms with E-state index in [0.29, 0.717) is 17.4 Å². The Balaban J connectivity index is 1.78. The zero-order valence-corrected chi connectivity index (χ0v) is 9.54. The largest absolute Gasteiger partial charge is 0.382 e. The molecule has 1 atom stereocenters. The number of aromatic nitrogens is 4. The van der Waals surface area contributed by atoms with Crippen molar-refractivity contribution in [2.75, 3.05) is 12.3 Å². The summed E-state index contributed by atoms with van der Waals surface area (Å²) in [4.78, 5) is 12.4. The molecular formula is C11H15N5O. The van der Waals surface area contributed by atoms with Crippen molar-refractivity contribution >= 4 is 17.0 Å². The normalized spacial score (nSPS) is 20.1. The topological polar surface area (TPSA) is 78.9 Å². The summed E-state index contributed by atoms with van der Waals surface area (Å²) in [7, 11) is 0. The average Bonchev–Trinajstić information content (AvgIpc) is 2.95. The lowest BCUT2D eigenvalue weighted by Gasteiger charge is -2.09. The van der Waals surface area contributed by atoms with Gasteiger partial charge in [0.05, 0.1) is 12.4 Å². The molecule has 1 saturated heterocycles. The fourth-order valence-electron chi connectivity index (χ4n) is 2.22. The third kappa shape index (κ3) is 1.95. The Kier molecular flexibility index (Phi) is 2.64. The van der Waals surface area contributed by atoms with Crippen LogP contribution in [0.3, 0.4) is 0 Å². The molecule has 6 nitrogen and oxygen atoms in total. The third-order valence-corrected chi connectivity index (χ3v) is 3.15. The molecule has 1 fully saturated rings. The first-order valence-corrected chi connectivity index (χ1v) is 5.87. The van der Waals surface area contributed by atoms with Crippen molar-refractivity contribution in [2.24, 2.45) is 0 Å². The number of hydrogen-bond donors (Lipinski definition) is 1. The van der Waals surface area contributed by atoms with Gasteiger partial charge >= 0.3 is 0 Å². The first-order valence-electron chi connectivity index (χ1n) is 5.87. The lowest BCUT2D eigenvalue weighted by molar-refractivity contribution is 0.101. The summed E-state index contributed by atoms with van der Waals surface area (Å²) in [5, 5.41) is 0. The number of aryl methyl sites for hydroxylation is 1. The van der Waals surface area contributed by atoms with Crippen molar-refractivity contribution in [1.82, 2.24) is 19.5 Å². The summed E-state index contributed by atoms with van der Waals surface area (Å²) in [6.07, 6.45) is 6.95. The quantitative estimate of drug-likeness (QED) is 0.854. The number of ether oxygens (including phenoxy) is 1. The molecule has 2 aromatic heterocycles. The molecule has 3 heterocycles. The zero-order chi connectivity index (χ0) is 11.7. The average molecular weight is 233 g/mol. The molecule has 0 bridgehead atoms. The SMILES string of the molecule is Nc1ncnc2c1ncn2CCC1CCCO1. The highest BCUT2D eigenvalue weighted by atomic mass is 16.5. The minimum absolute atomic E-state index is 0.381. The van der Waals surface area contributed by atoms with E-state index in [1.807, 2.05) is 4.57 Å². The van der Waals surface area contributed by atoms with Crippen LogP contribution in [0.15, 0.2) is 12.7 Å². The molecule has 0 spiro atoms. The molecule has 0 aromatic carbocycles. The minimum Gasteiger partial charge on any atom is -0.382 e. The summed E-state index contributed by atoms with van der Waals surface area (Å²) in [5.74, 6) is 0.436. The third-order valence-electron chi connectivity index (χ3n) is 3.15. The van der Waals surface area contributed by atoms with Crippen molar-refractivity contribution in [3.05, 3.63) is 12.7 Å². The van der Waals surface area contributed by atoms with Crippen molar-refractivity contribution in [2.45, 2.75) is 31.9 Å². The minimum atomic E-state index is 0.381. The van der Waals surface area contributed by atoms with Crippen molar-refractivity contribution in [3.8, 4) is 0 Å². The van der Waals surface area contributed by atoms with E-state index in [4.69, 9.17) is 10.5 Å². The molecule has 6 heteroatoms. The molecule has 1 aliphatic heterocycles. The molecule has 0 aliphatic carbocycles. The maximum absolute atomic E-state index is 5.74. The summed E-state index contributed by atoms with van der Waals surface area (Å²) in [5.41, 5.74) is 7.22. The summed E-state index contributed by atoms with van der Waals surface area (Å²) in [6.45, 7) is 1.75. The number of imidazole rings is 1. The highest BCUT2D eigenvalue weighted by Crippen LogP contribution is 2.18. The molecule has 0 amide bonds. The van der Waals surface area contributed by atoms with E-state index >= 15 is 0 Å². The number of nitrogens with zero attached hydrogens (tertiary/aromatic N) is 4. The van der Waals surface area contributed by atoms with Crippen LogP contribution < -0.4 is 5.73 Å². The van der Waals surface area contributed by atoms with Gasteiger partial charge in [-0.05, 0) is 19.3 Å². The Hall–Kier alpha value is -1.69. The van der Waals surface area contributed by atoms with Crippen molar-refractivity contribution in [1.29, 1.82) is 0 Å². The van der Waals surface area contributed by atoms with E-state index in [0.717, 1.165) is 31.6 Å². The van der Waals surface area contributed by atoms with Gasteiger partial charge in [0.2, 0.25) is 0 Å². The summed E-state index contributed by atoms with van der Waals surface area (Å²) < 4.78 is 7.60. The Morgan fingerprint density at radius 1 is 1.41 bits per heavy atom. The second kappa shape index (κ2) is 4.29. The number of nitrogen functional groups attached to an aromatic ring is 1. The predicted molar refractivity (Wildman–Crippen MR) is 63.3 cm³/mol. The van der Waals surface area contributed by atoms with Crippen LogP contribution in [-0.4, -0.2) is 32.2 Å². The molecule has 1 aliphatic rings. The van der Waals surface area contributed by atoms with Crippen LogP contribution in [0.5, 0.6) is 0 Å². The lowest BCUT2D eigenvalue weighted by Crippen LogP contribution is -2.09. The van der Waals surface area contributed by atoms with Gasteiger partial charge in [0.15, 0.2) is 11.5 Å². The van der Waals surface area contributed by atoms with Gasteiger partial charge in [-0.3, -0.25) is 0 Å². The molecule has 3 rings (SSSR count). The maximum Gasteiger partial charge on any atom is 0.165 e. The molecule has 0 saturated carbocycles. The highest BCUT2D eigenvalue weighted by Gasteiger charge is 2.16. The second-order valence-corrected chi connectivity index (χ2v) is 4.29. The Morgan fingerprint density at radius 2 is 2.35 bits per heavy atom. The van der Waals surface area contributed by atoms with Crippen LogP contribution in [0.4, 0.5) is 5.82 Å². The van der Waals surface area contributed by atoms with Gasteiger partial charge in [0.1, 0.15) is 11.8 Å². The number of rotatable bonds is 3. The smallest absolute Gasteiger partial charge is 0.165 e. The Morgan fingerprint density at radius 3 is 3.18 bits per heavy atom. The number of hydrogen-bond acceptors (Lipinski definition) is 5. The monoisotopic (exact) mass is 233 g/mol. The Labute approximate surface area is 98.8 Å². The van der Waals surface area contributed by atoms with Gasteiger partial charge in [-0.15, -0.1) is 0 Å². The van der Waals surface area contributed by atoms with E-state index in [-0.39, 0.29) is 0 Å². The van der Waals surface area contributed by atoms with Crippen LogP contribution in [0.2, 0.25) is 0 Å². The molecule has 1 unspecified atom stereocenters. The van der Waals surface area contributed by atoms with Gasteiger partial charge in [-0.1, -0.05) is 0 Å². The lowest BCUT2D eigenvalue weighted by atomic mass is 10.2. The molecule has 90 valence electrons. The molecule has 17 heavy (non-hydrogen) atoms. The molecule has 0 radical (unpaired) electrons. The van der Waals surface area contributed by atoms with E-state index in [1.54, 1.807) is 6.33 Å². The first-order chi connectivity index (χ1) is 8.34. The zero-order valence-electron chi connectivity index (χ0n) is 9.54. The maximum atomic E-state index is 5.74. The standard InChI is InChI=1S/C11H15N5O/c12-10-9-11(14-6-13-10)16(7-15-9)4-3-8-2-1-5-17-8/h6-8H,1-5H2,(H2,12,13,14). The predicted octanol–water partition coefficient (Wildman–Crippen LogP) is 0.978. The highest BCUT2D eigenvalue weighted by molar-refractivity contribution is 5.80. The van der Waals surface area contributed by atoms with E-state index in [9.17, 15) is 0 Å². The van der Waals surface area contributed by atoms with Crippen LogP contribution in [-0.2, 0) is 11.3 Å². The second-order valence-electron chi connectivity index (χ2n) is 4.29. The summed E-state index contributed by atoms with van der Waals surface area (Å²) in [6, 6.07) is 0. The van der Waals surface area contributed by atoms with Crippen LogP contribution in [0.1, 0.15) is 19.3 Å². The van der Waals surface area contributed by atoms with E-state index < -0.39 is 0 Å². The van der Waals surface area contributed by atoms with Gasteiger partial charge in [-0.2, -0.15) is 0 Å². The molecule has 2 N–H and O–H groups in total. The van der Waals surface area contributed by atoms with E-state index in [2.05, 4.69) is 15.0 Å². The fourth-order valence-corrected chi connectivity index (χ4v) is 2.22. The van der Waals surface area contributed by atoms with Crippen LogP contribution in [0.25, 0.3) is 11.2 Å². The van der Waals surface area contributed by atoms with Crippen LogP contribution in [0, 0.1) is 0 Å². The van der Waals surface area contributed by atoms with Gasteiger partial charge in [-0.25, -0.2) is 15.0 Å². The van der Waals surface area contributed by atoms with Crippen molar-refractivity contribution < 1.29 is 4.74 Å². The molecular weight excluding hydrogens is 218 g/mol.